The smallest absolute Gasteiger partial charge is 0.251 e. The van der Waals surface area contributed by atoms with Gasteiger partial charge in [0.1, 0.15) is 11.6 Å². The average Bonchev–Trinajstić information content (AvgIpc) is 2.81. The fourth-order valence-electron chi connectivity index (χ4n) is 4.52. The van der Waals surface area contributed by atoms with E-state index in [0.717, 1.165) is 36.7 Å². The second kappa shape index (κ2) is 14.5. The Kier molecular flexibility index (Phi) is 11.5. The zero-order chi connectivity index (χ0) is 26.8. The minimum atomic E-state index is -0.614. The van der Waals surface area contributed by atoms with Crippen LogP contribution in [0.1, 0.15) is 52.4 Å². The normalized spacial score (nSPS) is 12.1. The molecule has 0 saturated heterocycles. The van der Waals surface area contributed by atoms with Crippen molar-refractivity contribution in [3.63, 3.8) is 0 Å². The summed E-state index contributed by atoms with van der Waals surface area (Å²) in [6.07, 6.45) is 2.02. The van der Waals surface area contributed by atoms with E-state index in [1.165, 1.54) is 21.3 Å². The number of nitrogens with one attached hydrogen (secondary N) is 2. The molecular weight excluding hydrogens is 583 g/mol. The number of rotatable bonds is 13. The van der Waals surface area contributed by atoms with Crippen molar-refractivity contribution in [3.8, 4) is 0 Å². The predicted octanol–water partition coefficient (Wildman–Crippen LogP) is 6.24. The molecule has 2 N–H and O–H groups in total. The number of carbonyl (C=O) groups excluding carboxylic acids is 1. The summed E-state index contributed by atoms with van der Waals surface area (Å²) < 4.78 is 28.8. The molecule has 1 unspecified atom stereocenters. The lowest BCUT2D eigenvalue weighted by Crippen LogP contribution is -2.38. The molecular formula is C30H36F2IN3O. The first kappa shape index (κ1) is 29.2. The average molecular weight is 620 g/mol. The van der Waals surface area contributed by atoms with Crippen LogP contribution in [0.5, 0.6) is 0 Å². The molecule has 1 atom stereocenters. The van der Waals surface area contributed by atoms with E-state index in [4.69, 9.17) is 0 Å². The number of carbonyl (C=O) groups is 1. The molecule has 198 valence electrons. The van der Waals surface area contributed by atoms with Crippen LogP contribution in [0.2, 0.25) is 0 Å². The summed E-state index contributed by atoms with van der Waals surface area (Å²) in [6.45, 7) is 7.24. The van der Waals surface area contributed by atoms with Gasteiger partial charge in [0.15, 0.2) is 0 Å². The zero-order valence-corrected chi connectivity index (χ0v) is 23.9. The van der Waals surface area contributed by atoms with Crippen molar-refractivity contribution in [2.45, 2.75) is 52.2 Å². The van der Waals surface area contributed by atoms with Gasteiger partial charge in [0.25, 0.3) is 5.91 Å². The molecule has 1 amide bonds. The first-order chi connectivity index (χ1) is 17.7. The van der Waals surface area contributed by atoms with Crippen molar-refractivity contribution in [1.29, 1.82) is 0 Å². The topological polar surface area (TPSA) is 44.4 Å². The van der Waals surface area contributed by atoms with E-state index in [0.29, 0.717) is 37.1 Å². The minimum absolute atomic E-state index is 0.178. The van der Waals surface area contributed by atoms with Crippen molar-refractivity contribution >= 4 is 28.5 Å². The molecule has 37 heavy (non-hydrogen) atoms. The Balaban J connectivity index is 1.70. The molecule has 0 aliphatic carbocycles. The highest BCUT2D eigenvalue weighted by Gasteiger charge is 2.17. The summed E-state index contributed by atoms with van der Waals surface area (Å²) in [4.78, 5) is 15.5. The van der Waals surface area contributed by atoms with Crippen LogP contribution in [-0.4, -0.2) is 37.0 Å². The lowest BCUT2D eigenvalue weighted by molar-refractivity contribution is 0.0934. The first-order valence-electron chi connectivity index (χ1n) is 12.7. The molecule has 0 fully saturated rings. The lowest BCUT2D eigenvalue weighted by Gasteiger charge is -2.21. The van der Waals surface area contributed by atoms with Gasteiger partial charge in [0.05, 0.1) is 0 Å². The quantitative estimate of drug-likeness (QED) is 0.176. The number of aryl methyl sites for hydroxylation is 1. The Morgan fingerprint density at radius 1 is 1.00 bits per heavy atom. The molecule has 3 aromatic carbocycles. The lowest BCUT2D eigenvalue weighted by atomic mass is 10.0. The number of hydrogen-bond acceptors (Lipinski definition) is 3. The van der Waals surface area contributed by atoms with Gasteiger partial charge in [-0.05, 0) is 122 Å². The molecule has 7 heteroatoms. The van der Waals surface area contributed by atoms with E-state index in [-0.39, 0.29) is 11.9 Å². The predicted molar refractivity (Wildman–Crippen MR) is 155 cm³/mol. The van der Waals surface area contributed by atoms with Crippen molar-refractivity contribution in [2.75, 3.05) is 20.1 Å². The van der Waals surface area contributed by atoms with E-state index < -0.39 is 11.6 Å². The summed E-state index contributed by atoms with van der Waals surface area (Å²) in [5, 5.41) is 6.55. The highest BCUT2D eigenvalue weighted by Crippen LogP contribution is 2.15. The Hall–Kier alpha value is -2.36. The Bertz CT molecular complexity index is 1170. The number of hydrogen-bond donors (Lipinski definition) is 2. The molecule has 0 bridgehead atoms. The third-order valence-electron chi connectivity index (χ3n) is 6.08. The van der Waals surface area contributed by atoms with E-state index in [9.17, 15) is 13.6 Å². The molecule has 0 spiro atoms. The summed E-state index contributed by atoms with van der Waals surface area (Å²) in [5.41, 5.74) is 4.41. The largest absolute Gasteiger partial charge is 0.349 e. The SMILES string of the molecule is CCCN(C)Cc1cc(C)cc(C(=O)NC(CCNCc2cccc(I)c2)Cc2cc(F)cc(F)c2)c1. The van der Waals surface area contributed by atoms with Gasteiger partial charge in [0.2, 0.25) is 0 Å². The van der Waals surface area contributed by atoms with E-state index in [2.05, 4.69) is 70.3 Å². The Morgan fingerprint density at radius 3 is 2.46 bits per heavy atom. The van der Waals surface area contributed by atoms with Crippen LogP contribution in [0, 0.1) is 22.1 Å². The highest BCUT2D eigenvalue weighted by molar-refractivity contribution is 14.1. The van der Waals surface area contributed by atoms with Gasteiger partial charge >= 0.3 is 0 Å². The standard InChI is InChI=1S/C30H36F2IN3O/c1-4-10-36(3)20-24-11-21(2)12-25(13-24)30(37)35-29(17-23-14-26(31)18-27(32)15-23)8-9-34-19-22-6-5-7-28(33)16-22/h5-7,11-16,18,29,34H,4,8-10,17,19-20H2,1-3H3,(H,35,37). The third kappa shape index (κ3) is 10.1. The van der Waals surface area contributed by atoms with Crippen LogP contribution >= 0.6 is 22.6 Å². The van der Waals surface area contributed by atoms with E-state index in [1.807, 2.05) is 31.2 Å². The van der Waals surface area contributed by atoms with Crippen molar-refractivity contribution in [1.82, 2.24) is 15.5 Å². The zero-order valence-electron chi connectivity index (χ0n) is 21.8. The van der Waals surface area contributed by atoms with Crippen LogP contribution in [0.3, 0.4) is 0 Å². The molecule has 0 aromatic heterocycles. The van der Waals surface area contributed by atoms with Crippen molar-refractivity contribution < 1.29 is 13.6 Å². The summed E-state index contributed by atoms with van der Waals surface area (Å²) in [7, 11) is 2.07. The van der Waals surface area contributed by atoms with Crippen LogP contribution in [-0.2, 0) is 19.5 Å². The number of halogens is 3. The summed E-state index contributed by atoms with van der Waals surface area (Å²) in [5.74, 6) is -1.41. The second-order valence-corrected chi connectivity index (χ2v) is 10.9. The first-order valence-corrected chi connectivity index (χ1v) is 13.8. The van der Waals surface area contributed by atoms with Gasteiger partial charge in [-0.3, -0.25) is 4.79 Å². The number of amides is 1. The maximum atomic E-state index is 13.8. The van der Waals surface area contributed by atoms with E-state index >= 15 is 0 Å². The fourth-order valence-corrected chi connectivity index (χ4v) is 5.13. The van der Waals surface area contributed by atoms with Crippen LogP contribution in [0.15, 0.2) is 60.7 Å². The van der Waals surface area contributed by atoms with Crippen molar-refractivity contribution in [3.05, 3.63) is 104 Å². The number of nitrogens with zero attached hydrogens (tertiary/aromatic N) is 1. The van der Waals surface area contributed by atoms with Gasteiger partial charge < -0.3 is 15.5 Å². The van der Waals surface area contributed by atoms with E-state index in [1.54, 1.807) is 0 Å². The number of benzene rings is 3. The fraction of sp³-hybridized carbons (Fsp3) is 0.367. The molecule has 0 radical (unpaired) electrons. The van der Waals surface area contributed by atoms with Gasteiger partial charge in [-0.15, -0.1) is 0 Å². The summed E-state index contributed by atoms with van der Waals surface area (Å²) >= 11 is 2.29. The molecule has 0 aliphatic rings. The van der Waals surface area contributed by atoms with Gasteiger partial charge in [-0.2, -0.15) is 0 Å². The van der Waals surface area contributed by atoms with Crippen LogP contribution < -0.4 is 10.6 Å². The highest BCUT2D eigenvalue weighted by atomic mass is 127. The maximum absolute atomic E-state index is 13.8. The minimum Gasteiger partial charge on any atom is -0.349 e. The molecule has 3 aromatic rings. The molecule has 0 aliphatic heterocycles. The molecule has 0 saturated carbocycles. The summed E-state index contributed by atoms with van der Waals surface area (Å²) in [6, 6.07) is 17.4. The molecule has 3 rings (SSSR count). The van der Waals surface area contributed by atoms with Crippen molar-refractivity contribution in [2.24, 2.45) is 0 Å². The monoisotopic (exact) mass is 619 g/mol. The maximum Gasteiger partial charge on any atom is 0.251 e. The second-order valence-electron chi connectivity index (χ2n) is 9.69. The van der Waals surface area contributed by atoms with Crippen LogP contribution in [0.25, 0.3) is 0 Å². The van der Waals surface area contributed by atoms with Crippen LogP contribution in [0.4, 0.5) is 8.78 Å². The third-order valence-corrected chi connectivity index (χ3v) is 6.76. The van der Waals surface area contributed by atoms with Gasteiger partial charge in [-0.25, -0.2) is 8.78 Å². The Morgan fingerprint density at radius 2 is 1.76 bits per heavy atom. The molecule has 0 heterocycles. The molecule has 4 nitrogen and oxygen atoms in total. The van der Waals surface area contributed by atoms with Gasteiger partial charge in [-0.1, -0.05) is 30.7 Å². The Labute approximate surface area is 233 Å². The van der Waals surface area contributed by atoms with Gasteiger partial charge in [0, 0.05) is 34.3 Å².